The standard InChI is InChI=1S/C33H64O19.C3H6.17CH4/c1-19(15-41-7)16-44-31-29(52-40)30(48-24(6)14-39)33(50-31,18-45-21(3)11-36)51-32-28(47-23(5)13-38)27(42-9-8-34)26(46-22(4)12-37)25(49-32)17-43-20(2)10-35;1-3-2;;;;;;;;;;;;;;;;;/h19-32,34-40H,8-18H2,1-7H3;3H,1H2,2H3;17*1H4/t19?,20?,21?,22?,23?,24?,25?,26-,27-,28?,29?,30-,31+,32+,33+;;;;;;;;;;;;;;;;;;/m1................../s1. The largest absolute Gasteiger partial charge is 0.394 e. The summed E-state index contributed by atoms with van der Waals surface area (Å²) in [4.78, 5) is 4.89. The topological polar surface area (TPSA) is 252 Å². The number of methoxy groups -OCH3 is 1. The summed E-state index contributed by atoms with van der Waals surface area (Å²) in [5.74, 6) is -2.20. The van der Waals surface area contributed by atoms with Crippen LogP contribution in [-0.2, 0) is 57.0 Å². The van der Waals surface area contributed by atoms with E-state index in [-0.39, 0.29) is 178 Å². The summed E-state index contributed by atoms with van der Waals surface area (Å²) in [5.41, 5.74) is 0. The Balaban J connectivity index is -0.0000000982. The maximum Gasteiger partial charge on any atom is 0.226 e. The van der Waals surface area contributed by atoms with Gasteiger partial charge in [0.15, 0.2) is 18.7 Å². The van der Waals surface area contributed by atoms with Gasteiger partial charge in [-0.25, -0.2) is 4.89 Å². The van der Waals surface area contributed by atoms with Gasteiger partial charge in [-0.15, -0.1) is 6.58 Å². The lowest BCUT2D eigenvalue weighted by Gasteiger charge is -2.49. The van der Waals surface area contributed by atoms with Crippen molar-refractivity contribution < 1.29 is 92.9 Å². The minimum atomic E-state index is -2.08. The summed E-state index contributed by atoms with van der Waals surface area (Å²) < 4.78 is 67.4. The predicted octanol–water partition coefficient (Wildman–Crippen LogP) is 10.4. The summed E-state index contributed by atoms with van der Waals surface area (Å²) in [7, 11) is 1.54. The molecule has 0 radical (unpaired) electrons. The van der Waals surface area contributed by atoms with E-state index >= 15 is 0 Å². The Hall–Kier alpha value is -1.02. The molecule has 2 rings (SSSR count). The third-order valence-electron chi connectivity index (χ3n) is 8.30. The minimum Gasteiger partial charge on any atom is -0.394 e. The van der Waals surface area contributed by atoms with Gasteiger partial charge >= 0.3 is 0 Å². The maximum atomic E-state index is 10.2. The monoisotopic (exact) mass is 1080 g/mol. The second-order valence-corrected chi connectivity index (χ2v) is 13.8. The number of hydrogen-bond donors (Lipinski definition) is 7. The number of aliphatic hydroxyl groups is 6. The number of rotatable bonds is 28. The van der Waals surface area contributed by atoms with E-state index in [0.717, 1.165) is 0 Å². The Morgan fingerprint density at radius 1 is 0.542 bits per heavy atom. The normalized spacial score (nSPS) is 24.1. The van der Waals surface area contributed by atoms with Gasteiger partial charge in [-0.1, -0.05) is 139 Å². The first-order valence-electron chi connectivity index (χ1n) is 18.7. The van der Waals surface area contributed by atoms with E-state index in [2.05, 4.69) is 6.58 Å². The molecule has 0 aromatic carbocycles. The number of ether oxygens (including phenoxy) is 11. The summed E-state index contributed by atoms with van der Waals surface area (Å²) in [6.07, 6.45) is -12.1. The van der Waals surface area contributed by atoms with E-state index in [4.69, 9.17) is 57.0 Å². The molecule has 2 saturated heterocycles. The molecule has 19 heteroatoms. The second kappa shape index (κ2) is 66.1. The lowest BCUT2D eigenvalue weighted by molar-refractivity contribution is -0.409. The molecule has 0 spiro atoms. The van der Waals surface area contributed by atoms with E-state index in [1.165, 1.54) is 0 Å². The van der Waals surface area contributed by atoms with Gasteiger partial charge in [0.1, 0.15) is 37.1 Å². The molecule has 7 N–H and O–H groups in total. The first kappa shape index (κ1) is 119. The molecule has 0 saturated carbocycles. The first-order valence-corrected chi connectivity index (χ1v) is 18.7. The zero-order valence-corrected chi connectivity index (χ0v) is 33.7. The van der Waals surface area contributed by atoms with Gasteiger partial charge in [-0.05, 0) is 41.5 Å². The molecular weight excluding hydrogens is 941 g/mol. The van der Waals surface area contributed by atoms with Gasteiger partial charge in [0, 0.05) is 13.0 Å². The van der Waals surface area contributed by atoms with E-state index in [9.17, 15) is 35.9 Å². The van der Waals surface area contributed by atoms with Crippen molar-refractivity contribution in [2.24, 2.45) is 5.92 Å². The van der Waals surface area contributed by atoms with Crippen LogP contribution in [0.15, 0.2) is 12.7 Å². The summed E-state index contributed by atoms with van der Waals surface area (Å²) in [6, 6.07) is 0. The zero-order chi connectivity index (χ0) is 41.6. The van der Waals surface area contributed by atoms with E-state index in [1.54, 1.807) is 47.8 Å². The molecule has 19 nitrogen and oxygen atoms in total. The molecule has 2 aliphatic heterocycles. The van der Waals surface area contributed by atoms with Crippen LogP contribution in [0.25, 0.3) is 0 Å². The molecule has 9 unspecified atom stereocenters. The van der Waals surface area contributed by atoms with Gasteiger partial charge in [0.25, 0.3) is 0 Å². The quantitative estimate of drug-likeness (QED) is 0.0218. The van der Waals surface area contributed by atoms with Gasteiger partial charge in [-0.2, -0.15) is 0 Å². The maximum absolute atomic E-state index is 10.2. The Morgan fingerprint density at radius 3 is 1.36 bits per heavy atom. The smallest absolute Gasteiger partial charge is 0.226 e. The molecule has 2 fully saturated rings. The summed E-state index contributed by atoms with van der Waals surface area (Å²) in [6.45, 7) is 12.4. The molecular formula is C53H138O19. The van der Waals surface area contributed by atoms with Crippen molar-refractivity contribution in [3.63, 3.8) is 0 Å². The Morgan fingerprint density at radius 2 is 0.958 bits per heavy atom. The molecule has 464 valence electrons. The Labute approximate surface area is 450 Å². The average molecular weight is 1080 g/mol. The highest BCUT2D eigenvalue weighted by molar-refractivity contribution is 5.00. The molecule has 0 aliphatic carbocycles. The van der Waals surface area contributed by atoms with Crippen LogP contribution in [0.1, 0.15) is 175 Å². The van der Waals surface area contributed by atoms with Gasteiger partial charge in [0.05, 0.1) is 96.6 Å². The SMILES string of the molecule is C.C.C.C.C.C.C.C.C.C.C.C.C.C.C.C.C.C=CC.COCC(C)CO[C@H]1O[C@@](COC(C)CO)(O[C@@H]2OC(COC(C)CO)[C@@H](OC(C)CO)[C@@H](OCCO)C2OC(C)CO)[C@H](OC(C)CO)C1OO. The van der Waals surface area contributed by atoms with Crippen LogP contribution in [0.2, 0.25) is 0 Å². The molecule has 2 aliphatic rings. The van der Waals surface area contributed by atoms with Crippen molar-refractivity contribution in [2.45, 2.75) is 260 Å². The van der Waals surface area contributed by atoms with Crippen molar-refractivity contribution in [3.8, 4) is 0 Å². The van der Waals surface area contributed by atoms with Crippen molar-refractivity contribution in [1.82, 2.24) is 0 Å². The predicted molar refractivity (Wildman–Crippen MR) is 308 cm³/mol. The van der Waals surface area contributed by atoms with Crippen LogP contribution in [0.5, 0.6) is 0 Å². The highest BCUT2D eigenvalue weighted by Crippen LogP contribution is 2.42. The highest BCUT2D eigenvalue weighted by atomic mass is 17.1. The number of allylic oxidation sites excluding steroid dienone is 1. The van der Waals surface area contributed by atoms with Gasteiger partial charge in [-0.3, -0.25) is 5.26 Å². The second-order valence-electron chi connectivity index (χ2n) is 13.8. The summed E-state index contributed by atoms with van der Waals surface area (Å²) >= 11 is 0. The van der Waals surface area contributed by atoms with Gasteiger partial charge in [0.2, 0.25) is 5.79 Å². The Kier molecular flexibility index (Phi) is 110. The summed E-state index contributed by atoms with van der Waals surface area (Å²) in [5, 5.41) is 69.4. The van der Waals surface area contributed by atoms with Gasteiger partial charge < -0.3 is 82.7 Å². The molecule has 15 atom stereocenters. The third-order valence-corrected chi connectivity index (χ3v) is 8.30. The molecule has 72 heavy (non-hydrogen) atoms. The number of aliphatic hydroxyl groups excluding tert-OH is 6. The highest BCUT2D eigenvalue weighted by Gasteiger charge is 2.63. The van der Waals surface area contributed by atoms with Crippen LogP contribution in [-0.4, -0.2) is 201 Å². The lowest BCUT2D eigenvalue weighted by atomic mass is 9.97. The van der Waals surface area contributed by atoms with Crippen molar-refractivity contribution in [3.05, 3.63) is 12.7 Å². The zero-order valence-electron chi connectivity index (χ0n) is 33.7. The fourth-order valence-electron chi connectivity index (χ4n) is 5.51. The molecule has 2 heterocycles. The van der Waals surface area contributed by atoms with Crippen molar-refractivity contribution >= 4 is 0 Å². The van der Waals surface area contributed by atoms with Crippen LogP contribution >= 0.6 is 0 Å². The van der Waals surface area contributed by atoms with E-state index in [0.29, 0.717) is 6.61 Å². The molecule has 0 aromatic heterocycles. The van der Waals surface area contributed by atoms with Crippen LogP contribution in [0, 0.1) is 5.92 Å². The van der Waals surface area contributed by atoms with Crippen LogP contribution in [0.4, 0.5) is 0 Å². The molecule has 0 bridgehead atoms. The average Bonchev–Trinajstić information content (AvgIpc) is 3.46. The fourth-order valence-corrected chi connectivity index (χ4v) is 5.51. The van der Waals surface area contributed by atoms with Crippen LogP contribution < -0.4 is 0 Å². The number of hydrogen-bond acceptors (Lipinski definition) is 19. The van der Waals surface area contributed by atoms with Crippen molar-refractivity contribution in [2.75, 3.05) is 79.8 Å². The lowest BCUT2D eigenvalue weighted by Crippen LogP contribution is -2.66. The minimum absolute atomic E-state index is 0. The van der Waals surface area contributed by atoms with E-state index < -0.39 is 105 Å². The first-order chi connectivity index (χ1) is 26.3. The fraction of sp³-hybridized carbons (Fsp3) is 0.962. The van der Waals surface area contributed by atoms with E-state index in [1.807, 2.05) is 13.8 Å². The molecule has 0 aromatic rings. The van der Waals surface area contributed by atoms with Crippen LogP contribution in [0.3, 0.4) is 0 Å². The Bertz CT molecular complexity index is 977. The van der Waals surface area contributed by atoms with Crippen molar-refractivity contribution in [1.29, 1.82) is 0 Å². The molecule has 0 amide bonds. The third kappa shape index (κ3) is 39.4.